The van der Waals surface area contributed by atoms with Crippen molar-refractivity contribution >= 4 is 11.0 Å². The molecule has 8 heteroatoms. The molecule has 0 aliphatic carbocycles. The smallest absolute Gasteiger partial charge is 0.164 e. The Morgan fingerprint density at radius 1 is 1.21 bits per heavy atom. The summed E-state index contributed by atoms with van der Waals surface area (Å²) in [5.74, 6) is 0.266. The number of furan rings is 1. The Balaban J connectivity index is 1.68. The molecule has 4 heterocycles. The third-order valence-electron chi connectivity index (χ3n) is 4.40. The lowest BCUT2D eigenvalue weighted by atomic mass is 10.0. The molecular formula is C16H17N3O5. The molecule has 126 valence electrons. The van der Waals surface area contributed by atoms with Crippen LogP contribution in [0, 0.1) is 6.92 Å². The van der Waals surface area contributed by atoms with E-state index in [0.29, 0.717) is 5.65 Å². The van der Waals surface area contributed by atoms with E-state index >= 15 is 0 Å². The van der Waals surface area contributed by atoms with Crippen LogP contribution in [0.1, 0.15) is 23.8 Å². The van der Waals surface area contributed by atoms with E-state index in [4.69, 9.17) is 9.15 Å². The second kappa shape index (κ2) is 5.67. The Labute approximate surface area is 137 Å². The van der Waals surface area contributed by atoms with Crippen LogP contribution in [0.4, 0.5) is 0 Å². The number of aromatic nitrogens is 3. The maximum absolute atomic E-state index is 10.4. The number of aryl methyl sites for hydroxylation is 1. The SMILES string of the molecule is Cc1ncnc2c1ccn2[C@@H]1O[C@H]([C@H](O)c2ccco2)[C@@H](O)[C@H]1O. The third kappa shape index (κ3) is 2.23. The maximum Gasteiger partial charge on any atom is 0.164 e. The van der Waals surface area contributed by atoms with Gasteiger partial charge in [-0.3, -0.25) is 0 Å². The predicted octanol–water partition coefficient (Wildman–Crippen LogP) is 0.686. The maximum atomic E-state index is 10.4. The van der Waals surface area contributed by atoms with Crippen molar-refractivity contribution in [2.75, 3.05) is 0 Å². The Hall–Kier alpha value is -2.26. The van der Waals surface area contributed by atoms with Gasteiger partial charge in [0, 0.05) is 11.6 Å². The molecule has 1 aliphatic rings. The molecule has 0 amide bonds. The summed E-state index contributed by atoms with van der Waals surface area (Å²) in [5, 5.41) is 31.9. The van der Waals surface area contributed by atoms with Crippen LogP contribution in [-0.2, 0) is 4.74 Å². The van der Waals surface area contributed by atoms with Gasteiger partial charge in [-0.2, -0.15) is 0 Å². The molecule has 4 rings (SSSR count). The van der Waals surface area contributed by atoms with E-state index in [-0.39, 0.29) is 5.76 Å². The molecule has 0 unspecified atom stereocenters. The number of ether oxygens (including phenoxy) is 1. The van der Waals surface area contributed by atoms with Crippen molar-refractivity contribution in [3.05, 3.63) is 48.4 Å². The highest BCUT2D eigenvalue weighted by molar-refractivity contribution is 5.78. The minimum Gasteiger partial charge on any atom is -0.466 e. The van der Waals surface area contributed by atoms with E-state index in [1.54, 1.807) is 22.9 Å². The van der Waals surface area contributed by atoms with Gasteiger partial charge < -0.3 is 29.0 Å². The molecule has 0 saturated carbocycles. The van der Waals surface area contributed by atoms with Gasteiger partial charge >= 0.3 is 0 Å². The molecule has 1 saturated heterocycles. The van der Waals surface area contributed by atoms with Crippen molar-refractivity contribution in [2.45, 2.75) is 37.6 Å². The first-order valence-corrected chi connectivity index (χ1v) is 7.59. The number of nitrogens with zero attached hydrogens (tertiary/aromatic N) is 3. The Bertz CT molecular complexity index is 847. The van der Waals surface area contributed by atoms with Gasteiger partial charge in [0.15, 0.2) is 6.23 Å². The predicted molar refractivity (Wildman–Crippen MR) is 81.9 cm³/mol. The standard InChI is InChI=1S/C16H17N3O5/c1-8-9-4-5-19(15(9)18-7-17-8)16-13(22)12(21)14(24-16)11(20)10-3-2-6-23-10/h2-7,11-14,16,20-22H,1H3/t11-,12+,13-,14-,16-/m1/s1. The highest BCUT2D eigenvalue weighted by atomic mass is 16.6. The number of aliphatic hydroxyl groups excluding tert-OH is 3. The fraction of sp³-hybridized carbons (Fsp3) is 0.375. The third-order valence-corrected chi connectivity index (χ3v) is 4.40. The minimum atomic E-state index is -1.27. The van der Waals surface area contributed by atoms with Crippen LogP contribution in [0.5, 0.6) is 0 Å². The van der Waals surface area contributed by atoms with Crippen LogP contribution in [0.25, 0.3) is 11.0 Å². The Morgan fingerprint density at radius 2 is 2.04 bits per heavy atom. The largest absolute Gasteiger partial charge is 0.466 e. The first-order valence-electron chi connectivity index (χ1n) is 7.59. The fourth-order valence-corrected chi connectivity index (χ4v) is 3.10. The normalized spacial score (nSPS) is 28.5. The van der Waals surface area contributed by atoms with E-state index in [0.717, 1.165) is 11.1 Å². The number of hydrogen-bond donors (Lipinski definition) is 3. The molecule has 0 bridgehead atoms. The van der Waals surface area contributed by atoms with Crippen molar-refractivity contribution < 1.29 is 24.5 Å². The zero-order valence-electron chi connectivity index (χ0n) is 12.9. The lowest BCUT2D eigenvalue weighted by Gasteiger charge is -2.19. The molecule has 0 aromatic carbocycles. The van der Waals surface area contributed by atoms with Gasteiger partial charge in [-0.1, -0.05) is 0 Å². The van der Waals surface area contributed by atoms with Crippen molar-refractivity contribution in [3.63, 3.8) is 0 Å². The Morgan fingerprint density at radius 3 is 2.79 bits per heavy atom. The second-order valence-electron chi connectivity index (χ2n) is 5.85. The molecule has 8 nitrogen and oxygen atoms in total. The molecule has 5 atom stereocenters. The van der Waals surface area contributed by atoms with Gasteiger partial charge in [-0.15, -0.1) is 0 Å². The molecule has 0 radical (unpaired) electrons. The molecule has 24 heavy (non-hydrogen) atoms. The zero-order valence-corrected chi connectivity index (χ0v) is 12.9. The summed E-state index contributed by atoms with van der Waals surface area (Å²) < 4.78 is 12.5. The molecule has 1 fully saturated rings. The van der Waals surface area contributed by atoms with Gasteiger partial charge in [-0.25, -0.2) is 9.97 Å². The fourth-order valence-electron chi connectivity index (χ4n) is 3.10. The van der Waals surface area contributed by atoms with E-state index in [9.17, 15) is 15.3 Å². The number of fused-ring (bicyclic) bond motifs is 1. The van der Waals surface area contributed by atoms with Crippen LogP contribution in [0.3, 0.4) is 0 Å². The molecule has 1 aliphatic heterocycles. The van der Waals surface area contributed by atoms with Crippen LogP contribution in [-0.4, -0.2) is 48.2 Å². The highest BCUT2D eigenvalue weighted by Gasteiger charge is 2.48. The summed E-state index contributed by atoms with van der Waals surface area (Å²) in [5.41, 5.74) is 1.39. The van der Waals surface area contributed by atoms with Crippen LogP contribution < -0.4 is 0 Å². The van der Waals surface area contributed by atoms with Gasteiger partial charge in [0.05, 0.1) is 12.0 Å². The first kappa shape index (κ1) is 15.3. The second-order valence-corrected chi connectivity index (χ2v) is 5.85. The van der Waals surface area contributed by atoms with Gasteiger partial charge in [0.1, 0.15) is 42.2 Å². The first-order chi connectivity index (χ1) is 11.6. The summed E-state index contributed by atoms with van der Waals surface area (Å²) in [6.07, 6.45) is -0.991. The van der Waals surface area contributed by atoms with Gasteiger partial charge in [0.2, 0.25) is 0 Å². The molecular weight excluding hydrogens is 314 g/mol. The summed E-state index contributed by atoms with van der Waals surface area (Å²) in [7, 11) is 0. The summed E-state index contributed by atoms with van der Waals surface area (Å²) in [6, 6.07) is 5.04. The average molecular weight is 331 g/mol. The van der Waals surface area contributed by atoms with Crippen LogP contribution in [0.15, 0.2) is 41.4 Å². The monoisotopic (exact) mass is 331 g/mol. The van der Waals surface area contributed by atoms with E-state index in [2.05, 4.69) is 9.97 Å². The molecule has 3 N–H and O–H groups in total. The van der Waals surface area contributed by atoms with Crippen molar-refractivity contribution in [1.82, 2.24) is 14.5 Å². The molecule has 0 spiro atoms. The van der Waals surface area contributed by atoms with Crippen LogP contribution in [0.2, 0.25) is 0 Å². The van der Waals surface area contributed by atoms with Crippen molar-refractivity contribution in [2.24, 2.45) is 0 Å². The van der Waals surface area contributed by atoms with E-state index in [1.807, 2.05) is 13.0 Å². The minimum absolute atomic E-state index is 0.266. The Kier molecular flexibility index (Phi) is 3.61. The lowest BCUT2D eigenvalue weighted by Crippen LogP contribution is -2.34. The number of aliphatic hydroxyl groups is 3. The highest BCUT2D eigenvalue weighted by Crippen LogP contribution is 2.37. The lowest BCUT2D eigenvalue weighted by molar-refractivity contribution is -0.0903. The quantitative estimate of drug-likeness (QED) is 0.647. The summed E-state index contributed by atoms with van der Waals surface area (Å²) >= 11 is 0. The topological polar surface area (TPSA) is 114 Å². The van der Waals surface area contributed by atoms with Gasteiger partial charge in [0.25, 0.3) is 0 Å². The van der Waals surface area contributed by atoms with E-state index < -0.39 is 30.6 Å². The molecule has 3 aromatic rings. The van der Waals surface area contributed by atoms with Crippen LogP contribution >= 0.6 is 0 Å². The zero-order chi connectivity index (χ0) is 16.8. The number of hydrogen-bond acceptors (Lipinski definition) is 7. The number of rotatable bonds is 3. The average Bonchev–Trinajstić information content (AvgIpc) is 3.29. The van der Waals surface area contributed by atoms with Gasteiger partial charge in [-0.05, 0) is 25.1 Å². The molecule has 3 aromatic heterocycles. The summed E-state index contributed by atoms with van der Waals surface area (Å²) in [4.78, 5) is 8.35. The van der Waals surface area contributed by atoms with Crippen molar-refractivity contribution in [3.8, 4) is 0 Å². The summed E-state index contributed by atoms with van der Waals surface area (Å²) in [6.45, 7) is 1.86. The van der Waals surface area contributed by atoms with Crippen molar-refractivity contribution in [1.29, 1.82) is 0 Å². The van der Waals surface area contributed by atoms with E-state index in [1.165, 1.54) is 12.6 Å².